The summed E-state index contributed by atoms with van der Waals surface area (Å²) in [6, 6.07) is 15.0. The van der Waals surface area contributed by atoms with Crippen LogP contribution in [0.2, 0.25) is 5.02 Å². The molecular formula is C20H13ClFN3O. The molecular weight excluding hydrogens is 353 g/mol. The van der Waals surface area contributed by atoms with E-state index in [1.165, 1.54) is 12.1 Å². The van der Waals surface area contributed by atoms with Crippen molar-refractivity contribution in [3.8, 4) is 0 Å². The molecule has 4 nitrogen and oxygen atoms in total. The number of halogens is 2. The van der Waals surface area contributed by atoms with Crippen LogP contribution in [0.15, 0.2) is 67.0 Å². The molecule has 2 N–H and O–H groups in total. The highest BCUT2D eigenvalue weighted by atomic mass is 35.5. The van der Waals surface area contributed by atoms with E-state index in [2.05, 4.69) is 15.3 Å². The highest BCUT2D eigenvalue weighted by molar-refractivity contribution is 6.30. The van der Waals surface area contributed by atoms with Crippen LogP contribution in [0.3, 0.4) is 0 Å². The Bertz CT molecular complexity index is 1120. The lowest BCUT2D eigenvalue weighted by atomic mass is 10.0. The second-order valence-electron chi connectivity index (χ2n) is 5.77. The minimum absolute atomic E-state index is 0.0293. The Balaban J connectivity index is 1.73. The minimum atomic E-state index is -0.548. The Morgan fingerprint density at radius 2 is 1.88 bits per heavy atom. The van der Waals surface area contributed by atoms with E-state index in [4.69, 9.17) is 11.6 Å². The molecule has 128 valence electrons. The highest BCUT2D eigenvalue weighted by Crippen LogP contribution is 2.26. The molecule has 26 heavy (non-hydrogen) atoms. The fourth-order valence-corrected chi connectivity index (χ4v) is 2.97. The van der Waals surface area contributed by atoms with Gasteiger partial charge in [-0.15, -0.1) is 0 Å². The van der Waals surface area contributed by atoms with Crippen molar-refractivity contribution < 1.29 is 9.18 Å². The van der Waals surface area contributed by atoms with Gasteiger partial charge in [0.2, 0.25) is 0 Å². The number of carbonyl (C=O) groups excluding carboxylic acids is 1. The fraction of sp³-hybridized carbons (Fsp3) is 0. The lowest BCUT2D eigenvalue weighted by Gasteiger charge is -2.07. The summed E-state index contributed by atoms with van der Waals surface area (Å²) in [5.74, 6) is -0.941. The summed E-state index contributed by atoms with van der Waals surface area (Å²) in [6.45, 7) is 0. The summed E-state index contributed by atoms with van der Waals surface area (Å²) >= 11 is 6.00. The Labute approximate surface area is 153 Å². The SMILES string of the molecule is O=C(c1ccccc1F)c1c[nH]c2ncc(Nc3cccc(Cl)c3)cc12. The second-order valence-corrected chi connectivity index (χ2v) is 6.20. The number of H-pyrrole nitrogens is 1. The number of aromatic amines is 1. The Kier molecular flexibility index (Phi) is 4.14. The highest BCUT2D eigenvalue weighted by Gasteiger charge is 2.18. The van der Waals surface area contributed by atoms with Crippen molar-refractivity contribution in [2.45, 2.75) is 0 Å². The molecule has 0 aliphatic rings. The molecule has 6 heteroatoms. The topological polar surface area (TPSA) is 57.8 Å². The number of rotatable bonds is 4. The van der Waals surface area contributed by atoms with Crippen LogP contribution >= 0.6 is 11.6 Å². The predicted octanol–water partition coefficient (Wildman–Crippen LogP) is 5.33. The monoisotopic (exact) mass is 365 g/mol. The molecule has 0 saturated heterocycles. The molecule has 2 aromatic heterocycles. The Hall–Kier alpha value is -3.18. The largest absolute Gasteiger partial charge is 0.354 e. The molecule has 0 fully saturated rings. The molecule has 0 bridgehead atoms. The number of anilines is 2. The summed E-state index contributed by atoms with van der Waals surface area (Å²) in [5, 5.41) is 4.43. The van der Waals surface area contributed by atoms with Gasteiger partial charge in [-0.05, 0) is 36.4 Å². The van der Waals surface area contributed by atoms with Crippen molar-refractivity contribution in [1.82, 2.24) is 9.97 Å². The van der Waals surface area contributed by atoms with E-state index in [9.17, 15) is 9.18 Å². The van der Waals surface area contributed by atoms with Gasteiger partial charge >= 0.3 is 0 Å². The van der Waals surface area contributed by atoms with E-state index in [-0.39, 0.29) is 5.56 Å². The number of aromatic nitrogens is 2. The molecule has 4 aromatic rings. The van der Waals surface area contributed by atoms with Gasteiger partial charge in [0.25, 0.3) is 0 Å². The molecule has 0 aliphatic heterocycles. The first-order valence-electron chi connectivity index (χ1n) is 7.91. The molecule has 0 amide bonds. The van der Waals surface area contributed by atoms with Gasteiger partial charge in [-0.1, -0.05) is 29.8 Å². The maximum Gasteiger partial charge on any atom is 0.198 e. The fourth-order valence-electron chi connectivity index (χ4n) is 2.78. The van der Waals surface area contributed by atoms with Gasteiger partial charge < -0.3 is 10.3 Å². The average Bonchev–Trinajstić information content (AvgIpc) is 3.05. The third-order valence-electron chi connectivity index (χ3n) is 4.01. The number of pyridine rings is 1. The summed E-state index contributed by atoms with van der Waals surface area (Å²) in [5.41, 5.74) is 2.45. The van der Waals surface area contributed by atoms with E-state index in [1.807, 2.05) is 12.1 Å². The summed E-state index contributed by atoms with van der Waals surface area (Å²) in [4.78, 5) is 20.0. The number of fused-ring (bicyclic) bond motifs is 1. The lowest BCUT2D eigenvalue weighted by Crippen LogP contribution is -2.03. The first-order chi connectivity index (χ1) is 12.6. The number of nitrogens with one attached hydrogen (secondary N) is 2. The third kappa shape index (κ3) is 3.05. The summed E-state index contributed by atoms with van der Waals surface area (Å²) in [7, 11) is 0. The van der Waals surface area contributed by atoms with E-state index in [0.29, 0.717) is 27.3 Å². The van der Waals surface area contributed by atoms with Crippen LogP contribution in [-0.2, 0) is 0 Å². The molecule has 4 rings (SSSR count). The number of benzene rings is 2. The van der Waals surface area contributed by atoms with Gasteiger partial charge in [-0.3, -0.25) is 4.79 Å². The first kappa shape index (κ1) is 16.3. The molecule has 0 atom stereocenters. The summed E-state index contributed by atoms with van der Waals surface area (Å²) < 4.78 is 14.0. The van der Waals surface area contributed by atoms with Gasteiger partial charge in [0.15, 0.2) is 5.78 Å². The number of nitrogens with zero attached hydrogens (tertiary/aromatic N) is 1. The molecule has 0 saturated carbocycles. The van der Waals surface area contributed by atoms with Crippen LogP contribution in [0.4, 0.5) is 15.8 Å². The molecule has 0 unspecified atom stereocenters. The quantitative estimate of drug-likeness (QED) is 0.480. The van der Waals surface area contributed by atoms with Crippen LogP contribution in [-0.4, -0.2) is 15.8 Å². The van der Waals surface area contributed by atoms with E-state index in [1.54, 1.807) is 42.7 Å². The van der Waals surface area contributed by atoms with E-state index < -0.39 is 11.6 Å². The average molecular weight is 366 g/mol. The van der Waals surface area contributed by atoms with Gasteiger partial charge in [0.1, 0.15) is 11.5 Å². The molecule has 0 spiro atoms. The Morgan fingerprint density at radius 1 is 1.04 bits per heavy atom. The number of carbonyl (C=O) groups is 1. The van der Waals surface area contributed by atoms with Crippen molar-refractivity contribution in [1.29, 1.82) is 0 Å². The van der Waals surface area contributed by atoms with Crippen LogP contribution in [0.1, 0.15) is 15.9 Å². The van der Waals surface area contributed by atoms with E-state index in [0.717, 1.165) is 5.69 Å². The maximum atomic E-state index is 14.0. The van der Waals surface area contributed by atoms with Crippen LogP contribution in [0, 0.1) is 5.82 Å². The number of hydrogen-bond donors (Lipinski definition) is 2. The molecule has 0 radical (unpaired) electrons. The molecule has 0 aliphatic carbocycles. The predicted molar refractivity (Wildman–Crippen MR) is 101 cm³/mol. The third-order valence-corrected chi connectivity index (χ3v) is 4.24. The summed E-state index contributed by atoms with van der Waals surface area (Å²) in [6.07, 6.45) is 3.20. The zero-order valence-electron chi connectivity index (χ0n) is 13.5. The minimum Gasteiger partial charge on any atom is -0.354 e. The van der Waals surface area contributed by atoms with Crippen molar-refractivity contribution in [2.24, 2.45) is 0 Å². The maximum absolute atomic E-state index is 14.0. The van der Waals surface area contributed by atoms with Crippen LogP contribution in [0.25, 0.3) is 11.0 Å². The molecule has 2 heterocycles. The van der Waals surface area contributed by atoms with Gasteiger partial charge in [0, 0.05) is 27.9 Å². The zero-order chi connectivity index (χ0) is 18.1. The second kappa shape index (κ2) is 6.61. The van der Waals surface area contributed by atoms with Crippen LogP contribution in [0.5, 0.6) is 0 Å². The smallest absolute Gasteiger partial charge is 0.198 e. The van der Waals surface area contributed by atoms with Crippen molar-refractivity contribution >= 4 is 39.8 Å². The normalized spacial score (nSPS) is 10.8. The standard InChI is InChI=1S/C20H13ClFN3O/c21-12-4-3-5-13(8-12)25-14-9-16-17(11-24-20(16)23-10-14)19(26)15-6-1-2-7-18(15)22/h1-11,25H,(H,23,24). The van der Waals surface area contributed by atoms with Gasteiger partial charge in [-0.25, -0.2) is 9.37 Å². The number of hydrogen-bond acceptors (Lipinski definition) is 3. The first-order valence-corrected chi connectivity index (χ1v) is 8.28. The molecule has 2 aromatic carbocycles. The van der Waals surface area contributed by atoms with Gasteiger partial charge in [-0.2, -0.15) is 0 Å². The van der Waals surface area contributed by atoms with Gasteiger partial charge in [0.05, 0.1) is 17.4 Å². The van der Waals surface area contributed by atoms with Crippen molar-refractivity contribution in [3.63, 3.8) is 0 Å². The number of ketones is 1. The Morgan fingerprint density at radius 3 is 2.69 bits per heavy atom. The van der Waals surface area contributed by atoms with Crippen LogP contribution < -0.4 is 5.32 Å². The van der Waals surface area contributed by atoms with Crippen molar-refractivity contribution in [3.05, 3.63) is 89.0 Å². The lowest BCUT2D eigenvalue weighted by molar-refractivity contribution is 0.103. The zero-order valence-corrected chi connectivity index (χ0v) is 14.2. The van der Waals surface area contributed by atoms with Crippen molar-refractivity contribution in [2.75, 3.05) is 5.32 Å². The van der Waals surface area contributed by atoms with E-state index >= 15 is 0 Å².